The Morgan fingerprint density at radius 3 is 2.52 bits per heavy atom. The van der Waals surface area contributed by atoms with Crippen molar-refractivity contribution in [3.63, 3.8) is 0 Å². The van der Waals surface area contributed by atoms with E-state index in [1.165, 1.54) is 7.11 Å². The van der Waals surface area contributed by atoms with E-state index < -0.39 is 5.97 Å². The van der Waals surface area contributed by atoms with E-state index in [4.69, 9.17) is 4.74 Å². The minimum atomic E-state index is -0.697. The van der Waals surface area contributed by atoms with Crippen molar-refractivity contribution in [3.8, 4) is 17.4 Å². The number of fused-ring (bicyclic) bond motifs is 1. The highest BCUT2D eigenvalue weighted by molar-refractivity contribution is 5.98. The van der Waals surface area contributed by atoms with E-state index in [1.54, 1.807) is 19.1 Å². The number of benzene rings is 1. The van der Waals surface area contributed by atoms with Gasteiger partial charge in [-0.3, -0.25) is 0 Å². The number of hydrogen-bond acceptors (Lipinski definition) is 6. The molecule has 0 atom stereocenters. The van der Waals surface area contributed by atoms with Gasteiger partial charge < -0.3 is 14.6 Å². The van der Waals surface area contributed by atoms with Crippen LogP contribution >= 0.6 is 0 Å². The lowest BCUT2D eigenvalue weighted by Crippen LogP contribution is -2.10. The van der Waals surface area contributed by atoms with E-state index in [1.807, 2.05) is 18.2 Å². The van der Waals surface area contributed by atoms with E-state index >= 15 is 0 Å². The van der Waals surface area contributed by atoms with Gasteiger partial charge in [0, 0.05) is 11.5 Å². The van der Waals surface area contributed by atoms with Crippen molar-refractivity contribution in [1.82, 2.24) is 9.97 Å². The van der Waals surface area contributed by atoms with E-state index in [0.29, 0.717) is 28.2 Å². The maximum Gasteiger partial charge on any atom is 0.360 e. The summed E-state index contributed by atoms with van der Waals surface area (Å²) in [5, 5.41) is 10.8. The number of carbonyl (C=O) groups excluding carboxylic acids is 1. The molecular formula is C21H22N2O4. The lowest BCUT2D eigenvalue weighted by Gasteiger charge is -2.19. The number of methoxy groups -OCH3 is 1. The van der Waals surface area contributed by atoms with Gasteiger partial charge in [0.2, 0.25) is 5.88 Å². The zero-order chi connectivity index (χ0) is 19.8. The topological polar surface area (TPSA) is 81.5 Å². The Morgan fingerprint density at radius 1 is 1.11 bits per heavy atom. The molecule has 1 N–H and O–H groups in total. The lowest BCUT2D eigenvalue weighted by atomic mass is 9.87. The van der Waals surface area contributed by atoms with Gasteiger partial charge in [0.05, 0.1) is 18.3 Å². The molecule has 0 aliphatic carbocycles. The van der Waals surface area contributed by atoms with Gasteiger partial charge in [-0.1, -0.05) is 32.9 Å². The van der Waals surface area contributed by atoms with Crippen LogP contribution in [0.5, 0.6) is 17.4 Å². The number of rotatable bonds is 3. The average Bonchev–Trinajstić information content (AvgIpc) is 2.63. The molecule has 0 radical (unpaired) electrons. The zero-order valence-electron chi connectivity index (χ0n) is 16.0. The smallest absolute Gasteiger partial charge is 0.360 e. The number of carbonyl (C=O) groups is 1. The van der Waals surface area contributed by atoms with Crippen LogP contribution in [0.2, 0.25) is 0 Å². The predicted molar refractivity (Wildman–Crippen MR) is 102 cm³/mol. The normalized spacial score (nSPS) is 11.4. The molecule has 27 heavy (non-hydrogen) atoms. The van der Waals surface area contributed by atoms with E-state index in [-0.39, 0.29) is 16.9 Å². The Labute approximate surface area is 157 Å². The number of hydrogen-bond donors (Lipinski definition) is 1. The molecule has 140 valence electrons. The van der Waals surface area contributed by atoms with Crippen LogP contribution in [-0.4, -0.2) is 28.2 Å². The summed E-state index contributed by atoms with van der Waals surface area (Å²) in [4.78, 5) is 20.3. The first-order valence-corrected chi connectivity index (χ1v) is 8.57. The van der Waals surface area contributed by atoms with Crippen LogP contribution in [0.15, 0.2) is 36.4 Å². The molecule has 6 heteroatoms. The fraction of sp³-hybridized carbons (Fsp3) is 0.286. The van der Waals surface area contributed by atoms with Crippen LogP contribution < -0.4 is 4.74 Å². The second-order valence-electron chi connectivity index (χ2n) is 7.31. The summed E-state index contributed by atoms with van der Waals surface area (Å²) in [6, 6.07) is 11.1. The Kier molecular flexibility index (Phi) is 4.74. The first kappa shape index (κ1) is 18.6. The van der Waals surface area contributed by atoms with Crippen molar-refractivity contribution in [2.45, 2.75) is 33.1 Å². The van der Waals surface area contributed by atoms with Crippen LogP contribution in [0.25, 0.3) is 10.9 Å². The number of aryl methyl sites for hydroxylation is 1. The SMILES string of the molecule is COC(=O)c1nc(C)c2nc(Oc3cccc(C(C)(C)C)c3)ccc2c1O. The van der Waals surface area contributed by atoms with Crippen LogP contribution in [0.3, 0.4) is 0 Å². The fourth-order valence-electron chi connectivity index (χ4n) is 2.75. The molecule has 0 saturated heterocycles. The molecule has 2 aromatic heterocycles. The van der Waals surface area contributed by atoms with Gasteiger partial charge in [-0.15, -0.1) is 0 Å². The Balaban J connectivity index is 2.01. The van der Waals surface area contributed by atoms with Crippen molar-refractivity contribution in [1.29, 1.82) is 0 Å². The number of aromatic nitrogens is 2. The Hall–Kier alpha value is -3.15. The number of nitrogens with zero attached hydrogens (tertiary/aromatic N) is 2. The highest BCUT2D eigenvalue weighted by atomic mass is 16.5. The molecule has 2 heterocycles. The van der Waals surface area contributed by atoms with Crippen LogP contribution in [0.1, 0.15) is 42.5 Å². The highest BCUT2D eigenvalue weighted by Gasteiger charge is 2.20. The molecule has 0 aliphatic heterocycles. The second kappa shape index (κ2) is 6.87. The van der Waals surface area contributed by atoms with E-state index in [9.17, 15) is 9.90 Å². The molecule has 0 spiro atoms. The lowest BCUT2D eigenvalue weighted by molar-refractivity contribution is 0.0590. The Morgan fingerprint density at radius 2 is 1.85 bits per heavy atom. The van der Waals surface area contributed by atoms with Gasteiger partial charge in [0.25, 0.3) is 0 Å². The third-order valence-corrected chi connectivity index (χ3v) is 4.27. The first-order valence-electron chi connectivity index (χ1n) is 8.57. The summed E-state index contributed by atoms with van der Waals surface area (Å²) in [7, 11) is 1.24. The summed E-state index contributed by atoms with van der Waals surface area (Å²) in [5.41, 5.74) is 1.99. The van der Waals surface area contributed by atoms with Gasteiger partial charge in [-0.2, -0.15) is 0 Å². The molecular weight excluding hydrogens is 344 g/mol. The van der Waals surface area contributed by atoms with Gasteiger partial charge in [0.15, 0.2) is 11.4 Å². The van der Waals surface area contributed by atoms with Gasteiger partial charge in [-0.05, 0) is 36.1 Å². The molecule has 1 aromatic carbocycles. The van der Waals surface area contributed by atoms with E-state index in [2.05, 4.69) is 41.5 Å². The third-order valence-electron chi connectivity index (χ3n) is 4.27. The quantitative estimate of drug-likeness (QED) is 0.686. The molecule has 0 amide bonds. The largest absolute Gasteiger partial charge is 0.505 e. The van der Waals surface area contributed by atoms with Gasteiger partial charge >= 0.3 is 5.97 Å². The summed E-state index contributed by atoms with van der Waals surface area (Å²) in [6.45, 7) is 8.12. The van der Waals surface area contributed by atoms with Crippen LogP contribution in [-0.2, 0) is 10.2 Å². The monoisotopic (exact) mass is 366 g/mol. The third kappa shape index (κ3) is 3.69. The second-order valence-corrected chi connectivity index (χ2v) is 7.31. The van der Waals surface area contributed by atoms with Crippen molar-refractivity contribution in [2.75, 3.05) is 7.11 Å². The summed E-state index contributed by atoms with van der Waals surface area (Å²) < 4.78 is 10.6. The molecule has 0 fully saturated rings. The molecule has 0 aliphatic rings. The first-order chi connectivity index (χ1) is 12.7. The zero-order valence-corrected chi connectivity index (χ0v) is 16.0. The minimum Gasteiger partial charge on any atom is -0.505 e. The number of ether oxygens (including phenoxy) is 2. The summed E-state index contributed by atoms with van der Waals surface area (Å²) >= 11 is 0. The molecule has 0 unspecified atom stereocenters. The standard InChI is InChI=1S/C21H22N2O4/c1-12-17-15(19(24)18(22-12)20(25)26-5)9-10-16(23-17)27-14-8-6-7-13(11-14)21(2,3)4/h6-11,24H,1-5H3. The fourth-order valence-corrected chi connectivity index (χ4v) is 2.75. The maximum atomic E-state index is 11.8. The highest BCUT2D eigenvalue weighted by Crippen LogP contribution is 2.32. The molecule has 3 rings (SSSR count). The van der Waals surface area contributed by atoms with E-state index in [0.717, 1.165) is 5.56 Å². The van der Waals surface area contributed by atoms with Gasteiger partial charge in [-0.25, -0.2) is 14.8 Å². The number of pyridine rings is 2. The summed E-state index contributed by atoms with van der Waals surface area (Å²) in [6.07, 6.45) is 0. The average molecular weight is 366 g/mol. The number of esters is 1. The van der Waals surface area contributed by atoms with Crippen molar-refractivity contribution in [3.05, 3.63) is 53.3 Å². The van der Waals surface area contributed by atoms with Crippen molar-refractivity contribution >= 4 is 16.9 Å². The van der Waals surface area contributed by atoms with Crippen molar-refractivity contribution < 1.29 is 19.4 Å². The molecule has 3 aromatic rings. The molecule has 6 nitrogen and oxygen atoms in total. The summed E-state index contributed by atoms with van der Waals surface area (Å²) in [5.74, 6) is 0.104. The predicted octanol–water partition coefficient (Wildman–Crippen LogP) is 4.52. The molecule has 0 bridgehead atoms. The maximum absolute atomic E-state index is 11.8. The minimum absolute atomic E-state index is 0.00671. The van der Waals surface area contributed by atoms with Crippen molar-refractivity contribution in [2.24, 2.45) is 0 Å². The van der Waals surface area contributed by atoms with Crippen LogP contribution in [0, 0.1) is 6.92 Å². The number of aromatic hydroxyl groups is 1. The Bertz CT molecular complexity index is 1020. The van der Waals surface area contributed by atoms with Crippen LogP contribution in [0.4, 0.5) is 0 Å². The van der Waals surface area contributed by atoms with Gasteiger partial charge in [0.1, 0.15) is 5.75 Å². The molecule has 0 saturated carbocycles.